The van der Waals surface area contributed by atoms with Gasteiger partial charge in [0.15, 0.2) is 0 Å². The standard InChI is InChI=1S/C22H26F2N2OS/c1-15(2)21(27)26-14-22(23,24)20(25-28-3)19(26)13-16-8-7-11-18(12-16)17-9-5-4-6-10-17/h4-12,15,19-20,25H,13-14H2,1-3H3. The Labute approximate surface area is 169 Å². The summed E-state index contributed by atoms with van der Waals surface area (Å²) in [6.45, 7) is 2.97. The third-order valence-corrected chi connectivity index (χ3v) is 5.61. The number of carbonyl (C=O) groups is 1. The van der Waals surface area contributed by atoms with Gasteiger partial charge in [0.05, 0.1) is 12.6 Å². The van der Waals surface area contributed by atoms with Crippen LogP contribution in [0.2, 0.25) is 0 Å². The molecule has 0 spiro atoms. The smallest absolute Gasteiger partial charge is 0.283 e. The number of hydrogen-bond donors (Lipinski definition) is 1. The van der Waals surface area contributed by atoms with Gasteiger partial charge < -0.3 is 4.90 Å². The normalized spacial score (nSPS) is 21.3. The number of hydrogen-bond acceptors (Lipinski definition) is 3. The van der Waals surface area contributed by atoms with Gasteiger partial charge in [-0.3, -0.25) is 9.52 Å². The first-order valence-electron chi connectivity index (χ1n) is 9.44. The Balaban J connectivity index is 1.91. The van der Waals surface area contributed by atoms with Gasteiger partial charge in [-0.15, -0.1) is 0 Å². The zero-order valence-corrected chi connectivity index (χ0v) is 17.2. The number of nitrogens with zero attached hydrogens (tertiary/aromatic N) is 1. The van der Waals surface area contributed by atoms with E-state index in [2.05, 4.69) is 4.72 Å². The van der Waals surface area contributed by atoms with E-state index in [4.69, 9.17) is 0 Å². The number of nitrogens with one attached hydrogen (secondary N) is 1. The molecule has 0 radical (unpaired) electrons. The summed E-state index contributed by atoms with van der Waals surface area (Å²) in [5.74, 6) is -3.51. The molecule has 1 fully saturated rings. The van der Waals surface area contributed by atoms with Gasteiger partial charge >= 0.3 is 0 Å². The zero-order valence-electron chi connectivity index (χ0n) is 16.4. The third kappa shape index (κ3) is 4.39. The number of rotatable bonds is 6. The minimum Gasteiger partial charge on any atom is -0.331 e. The molecular weight excluding hydrogens is 378 g/mol. The van der Waals surface area contributed by atoms with Crippen LogP contribution in [0, 0.1) is 5.92 Å². The van der Waals surface area contributed by atoms with Crippen LogP contribution < -0.4 is 4.72 Å². The summed E-state index contributed by atoms with van der Waals surface area (Å²) < 4.78 is 32.2. The van der Waals surface area contributed by atoms with Crippen LogP contribution in [0.1, 0.15) is 19.4 Å². The van der Waals surface area contributed by atoms with Crippen LogP contribution in [0.25, 0.3) is 11.1 Å². The Kier molecular flexibility index (Phi) is 6.40. The predicted molar refractivity (Wildman–Crippen MR) is 111 cm³/mol. The van der Waals surface area contributed by atoms with Crippen LogP contribution in [0.4, 0.5) is 8.78 Å². The van der Waals surface area contributed by atoms with Gasteiger partial charge in [-0.05, 0) is 29.4 Å². The molecule has 2 aromatic carbocycles. The van der Waals surface area contributed by atoms with Crippen molar-refractivity contribution in [2.24, 2.45) is 5.92 Å². The zero-order chi connectivity index (χ0) is 20.3. The maximum atomic E-state index is 14.7. The van der Waals surface area contributed by atoms with Gasteiger partial charge in [-0.25, -0.2) is 8.78 Å². The van der Waals surface area contributed by atoms with E-state index in [1.165, 1.54) is 16.8 Å². The van der Waals surface area contributed by atoms with E-state index >= 15 is 0 Å². The summed E-state index contributed by atoms with van der Waals surface area (Å²) in [4.78, 5) is 14.0. The first-order valence-corrected chi connectivity index (χ1v) is 10.7. The number of likely N-dealkylation sites (tertiary alicyclic amines) is 1. The molecule has 2 atom stereocenters. The van der Waals surface area contributed by atoms with Crippen LogP contribution in [0.15, 0.2) is 54.6 Å². The molecule has 28 heavy (non-hydrogen) atoms. The van der Waals surface area contributed by atoms with Gasteiger partial charge in [-0.2, -0.15) is 0 Å². The molecule has 1 aliphatic rings. The highest BCUT2D eigenvalue weighted by Gasteiger charge is 2.55. The molecule has 6 heteroatoms. The summed E-state index contributed by atoms with van der Waals surface area (Å²) in [6.07, 6.45) is 2.11. The van der Waals surface area contributed by atoms with E-state index in [9.17, 15) is 13.6 Å². The van der Waals surface area contributed by atoms with Crippen LogP contribution in [-0.4, -0.2) is 41.6 Å². The average Bonchev–Trinajstić information content (AvgIpc) is 2.93. The van der Waals surface area contributed by atoms with Crippen molar-refractivity contribution in [3.63, 3.8) is 0 Å². The lowest BCUT2D eigenvalue weighted by Crippen LogP contribution is -2.48. The first-order chi connectivity index (χ1) is 13.3. The van der Waals surface area contributed by atoms with E-state index in [1.54, 1.807) is 20.1 Å². The molecular formula is C22H26F2N2OS. The number of benzene rings is 2. The van der Waals surface area contributed by atoms with Crippen LogP contribution >= 0.6 is 11.9 Å². The third-order valence-electron chi connectivity index (χ3n) is 5.12. The van der Waals surface area contributed by atoms with Gasteiger partial charge in [0.2, 0.25) is 5.91 Å². The maximum Gasteiger partial charge on any atom is 0.283 e. The molecule has 3 nitrogen and oxygen atoms in total. The highest BCUT2D eigenvalue weighted by Crippen LogP contribution is 2.36. The quantitative estimate of drug-likeness (QED) is 0.712. The fraction of sp³-hybridized carbons (Fsp3) is 0.409. The maximum absolute atomic E-state index is 14.7. The number of amides is 1. The molecule has 0 saturated carbocycles. The second kappa shape index (κ2) is 8.62. The summed E-state index contributed by atoms with van der Waals surface area (Å²) in [6, 6.07) is 16.2. The summed E-state index contributed by atoms with van der Waals surface area (Å²) in [5.41, 5.74) is 3.06. The van der Waals surface area contributed by atoms with Gasteiger partial charge in [0.25, 0.3) is 5.92 Å². The molecule has 1 amide bonds. The van der Waals surface area contributed by atoms with E-state index < -0.39 is 24.6 Å². The van der Waals surface area contributed by atoms with Crippen molar-refractivity contribution in [2.45, 2.75) is 38.3 Å². The Bertz CT molecular complexity index is 813. The van der Waals surface area contributed by atoms with E-state index in [0.29, 0.717) is 6.42 Å². The lowest BCUT2D eigenvalue weighted by Gasteiger charge is -2.29. The minimum atomic E-state index is -2.96. The van der Waals surface area contributed by atoms with E-state index in [-0.39, 0.29) is 11.8 Å². The van der Waals surface area contributed by atoms with Crippen molar-refractivity contribution >= 4 is 17.9 Å². The van der Waals surface area contributed by atoms with Crippen LogP contribution in [-0.2, 0) is 11.2 Å². The summed E-state index contributed by atoms with van der Waals surface area (Å²) in [5, 5.41) is 0. The minimum absolute atomic E-state index is 0.228. The fourth-order valence-corrected chi connectivity index (χ4v) is 4.33. The lowest BCUT2D eigenvalue weighted by atomic mass is 9.96. The second-order valence-electron chi connectivity index (χ2n) is 7.52. The molecule has 0 bridgehead atoms. The molecule has 1 N–H and O–H groups in total. The van der Waals surface area contributed by atoms with Crippen molar-refractivity contribution in [2.75, 3.05) is 12.8 Å². The van der Waals surface area contributed by atoms with Crippen molar-refractivity contribution in [3.05, 3.63) is 60.2 Å². The monoisotopic (exact) mass is 404 g/mol. The molecule has 1 heterocycles. The molecule has 2 unspecified atom stereocenters. The van der Waals surface area contributed by atoms with Gasteiger partial charge in [0, 0.05) is 5.92 Å². The van der Waals surface area contributed by atoms with Crippen molar-refractivity contribution < 1.29 is 13.6 Å². The highest BCUT2D eigenvalue weighted by atomic mass is 32.2. The SMILES string of the molecule is CSNC1C(Cc2cccc(-c3ccccc3)c2)N(C(=O)C(C)C)CC1(F)F. The molecule has 1 aliphatic heterocycles. The summed E-state index contributed by atoms with van der Waals surface area (Å²) in [7, 11) is 0. The van der Waals surface area contributed by atoms with Crippen molar-refractivity contribution in [1.82, 2.24) is 9.62 Å². The molecule has 150 valence electrons. The molecule has 1 saturated heterocycles. The second-order valence-corrected chi connectivity index (χ2v) is 8.16. The Morgan fingerprint density at radius 3 is 2.50 bits per heavy atom. The largest absolute Gasteiger partial charge is 0.331 e. The fourth-order valence-electron chi connectivity index (χ4n) is 3.75. The summed E-state index contributed by atoms with van der Waals surface area (Å²) >= 11 is 1.17. The van der Waals surface area contributed by atoms with Crippen LogP contribution in [0.5, 0.6) is 0 Å². The molecule has 2 aromatic rings. The Hall–Kier alpha value is -1.92. The number of alkyl halides is 2. The highest BCUT2D eigenvalue weighted by molar-refractivity contribution is 7.96. The Morgan fingerprint density at radius 2 is 1.86 bits per heavy atom. The molecule has 3 rings (SSSR count). The first kappa shape index (κ1) is 20.8. The average molecular weight is 405 g/mol. The van der Waals surface area contributed by atoms with E-state index in [0.717, 1.165) is 16.7 Å². The number of carbonyl (C=O) groups excluding carboxylic acids is 1. The van der Waals surface area contributed by atoms with E-state index in [1.807, 2.05) is 54.6 Å². The Morgan fingerprint density at radius 1 is 1.18 bits per heavy atom. The topological polar surface area (TPSA) is 32.3 Å². The van der Waals surface area contributed by atoms with Crippen molar-refractivity contribution in [1.29, 1.82) is 0 Å². The number of halogens is 2. The predicted octanol–water partition coefficient (Wildman–Crippen LogP) is 4.63. The van der Waals surface area contributed by atoms with Crippen molar-refractivity contribution in [3.8, 4) is 11.1 Å². The molecule has 0 aromatic heterocycles. The van der Waals surface area contributed by atoms with Crippen LogP contribution in [0.3, 0.4) is 0 Å². The lowest BCUT2D eigenvalue weighted by molar-refractivity contribution is -0.136. The van der Waals surface area contributed by atoms with Gasteiger partial charge in [-0.1, -0.05) is 80.4 Å². The molecule has 0 aliphatic carbocycles. The van der Waals surface area contributed by atoms with Gasteiger partial charge in [0.1, 0.15) is 6.04 Å².